The summed E-state index contributed by atoms with van der Waals surface area (Å²) in [6.07, 6.45) is 3.49. The predicted molar refractivity (Wildman–Crippen MR) is 100 cm³/mol. The summed E-state index contributed by atoms with van der Waals surface area (Å²) >= 11 is 1.62. The third-order valence-electron chi connectivity index (χ3n) is 5.16. The minimum absolute atomic E-state index is 0.0259. The van der Waals surface area contributed by atoms with Crippen molar-refractivity contribution < 1.29 is 14.3 Å². The number of methoxy groups -OCH3 is 1. The molecular formula is C18H25N3O4S. The maximum absolute atomic E-state index is 12.7. The van der Waals surface area contributed by atoms with Crippen LogP contribution in [0.2, 0.25) is 0 Å². The van der Waals surface area contributed by atoms with Gasteiger partial charge in [-0.15, -0.1) is 0 Å². The zero-order valence-electron chi connectivity index (χ0n) is 15.1. The summed E-state index contributed by atoms with van der Waals surface area (Å²) in [5, 5.41) is 2.83. The summed E-state index contributed by atoms with van der Waals surface area (Å²) in [5.74, 6) is 0.767. The van der Waals surface area contributed by atoms with Gasteiger partial charge in [-0.1, -0.05) is 6.07 Å². The van der Waals surface area contributed by atoms with Gasteiger partial charge in [-0.05, 0) is 36.8 Å². The van der Waals surface area contributed by atoms with Crippen molar-refractivity contribution in [2.24, 2.45) is 5.92 Å². The van der Waals surface area contributed by atoms with E-state index in [1.54, 1.807) is 28.8 Å². The number of nitrogens with zero attached hydrogens (tertiary/aromatic N) is 2. The fourth-order valence-corrected chi connectivity index (χ4v) is 4.40. The maximum atomic E-state index is 12.7. The van der Waals surface area contributed by atoms with Gasteiger partial charge >= 0.3 is 12.0 Å². The van der Waals surface area contributed by atoms with E-state index in [2.05, 4.69) is 5.32 Å². The van der Waals surface area contributed by atoms with E-state index in [0.29, 0.717) is 26.1 Å². The van der Waals surface area contributed by atoms with Crippen molar-refractivity contribution in [2.75, 3.05) is 32.2 Å². The molecule has 2 aliphatic rings. The van der Waals surface area contributed by atoms with Gasteiger partial charge in [-0.25, -0.2) is 9.59 Å². The van der Waals surface area contributed by atoms with Crippen molar-refractivity contribution in [2.45, 2.75) is 31.3 Å². The number of likely N-dealkylation sites (tertiary alicyclic amines) is 1. The van der Waals surface area contributed by atoms with Crippen LogP contribution < -0.4 is 10.9 Å². The first-order valence-corrected chi connectivity index (χ1v) is 10.2. The Morgan fingerprint density at radius 3 is 2.88 bits per heavy atom. The Kier molecular flexibility index (Phi) is 5.90. The number of nitrogens with one attached hydrogen (secondary N) is 1. The molecule has 1 unspecified atom stereocenters. The third-order valence-corrected chi connectivity index (χ3v) is 5.80. The highest BCUT2D eigenvalue weighted by Crippen LogP contribution is 2.34. The predicted octanol–water partition coefficient (Wildman–Crippen LogP) is 1.27. The molecule has 2 amide bonds. The Balaban J connectivity index is 1.70. The zero-order valence-corrected chi connectivity index (χ0v) is 16.0. The highest BCUT2D eigenvalue weighted by Gasteiger charge is 2.37. The lowest BCUT2D eigenvalue weighted by Gasteiger charge is -2.42. The lowest BCUT2D eigenvalue weighted by molar-refractivity contribution is -0.142. The van der Waals surface area contributed by atoms with Gasteiger partial charge in [0.2, 0.25) is 0 Å². The van der Waals surface area contributed by atoms with Gasteiger partial charge in [0, 0.05) is 37.3 Å². The molecule has 1 saturated heterocycles. The molecule has 1 N–H and O–H groups in total. The summed E-state index contributed by atoms with van der Waals surface area (Å²) < 4.78 is 6.65. The molecule has 8 heteroatoms. The fraction of sp³-hybridized carbons (Fsp3) is 0.611. The van der Waals surface area contributed by atoms with Crippen molar-refractivity contribution in [3.05, 3.63) is 34.2 Å². The van der Waals surface area contributed by atoms with E-state index in [4.69, 9.17) is 4.74 Å². The zero-order chi connectivity index (χ0) is 18.7. The van der Waals surface area contributed by atoms with Crippen LogP contribution in [-0.4, -0.2) is 59.7 Å². The maximum Gasteiger partial charge on any atom is 0.328 e. The summed E-state index contributed by atoms with van der Waals surface area (Å²) in [7, 11) is 1.33. The first kappa shape index (κ1) is 18.8. The number of hydrogen-bond acceptors (Lipinski definition) is 5. The normalized spacial score (nSPS) is 22.3. The van der Waals surface area contributed by atoms with Gasteiger partial charge in [-0.3, -0.25) is 4.79 Å². The minimum atomic E-state index is -0.628. The number of hydrogen-bond donors (Lipinski definition) is 1. The largest absolute Gasteiger partial charge is 0.467 e. The number of carbonyl (C=O) groups excluding carboxylic acids is 2. The summed E-state index contributed by atoms with van der Waals surface area (Å²) in [6, 6.07) is 4.48. The number of aromatic nitrogens is 1. The minimum Gasteiger partial charge on any atom is -0.467 e. The number of piperidine rings is 1. The number of esters is 1. The van der Waals surface area contributed by atoms with Crippen LogP contribution in [0.4, 0.5) is 4.79 Å². The molecule has 2 aliphatic heterocycles. The molecule has 0 radical (unpaired) electrons. The first-order valence-electron chi connectivity index (χ1n) is 8.85. The second-order valence-corrected chi connectivity index (χ2v) is 7.90. The van der Waals surface area contributed by atoms with E-state index in [1.165, 1.54) is 7.11 Å². The number of rotatable bonds is 5. The Morgan fingerprint density at radius 2 is 2.15 bits per heavy atom. The summed E-state index contributed by atoms with van der Waals surface area (Å²) in [6.45, 7) is 1.80. The number of urea groups is 1. The van der Waals surface area contributed by atoms with E-state index in [9.17, 15) is 14.4 Å². The third kappa shape index (κ3) is 3.90. The van der Waals surface area contributed by atoms with Crippen molar-refractivity contribution in [1.29, 1.82) is 0 Å². The van der Waals surface area contributed by atoms with Gasteiger partial charge in [-0.2, -0.15) is 11.8 Å². The Bertz CT molecular complexity index is 735. The molecule has 3 rings (SSSR count). The van der Waals surface area contributed by atoms with E-state index in [-0.39, 0.29) is 23.4 Å². The van der Waals surface area contributed by atoms with Crippen molar-refractivity contribution >= 4 is 23.8 Å². The topological polar surface area (TPSA) is 80.6 Å². The van der Waals surface area contributed by atoms with Gasteiger partial charge < -0.3 is 19.5 Å². The quantitative estimate of drug-likeness (QED) is 0.780. The molecule has 26 heavy (non-hydrogen) atoms. The number of fused-ring (bicyclic) bond motifs is 4. The van der Waals surface area contributed by atoms with Crippen LogP contribution in [0.15, 0.2) is 23.0 Å². The first-order chi connectivity index (χ1) is 12.5. The molecule has 1 aromatic heterocycles. The van der Waals surface area contributed by atoms with Crippen LogP contribution in [0.25, 0.3) is 0 Å². The molecule has 142 valence electrons. The molecule has 0 spiro atoms. The lowest BCUT2D eigenvalue weighted by Crippen LogP contribution is -2.54. The van der Waals surface area contributed by atoms with Gasteiger partial charge in [0.05, 0.1) is 7.11 Å². The molecule has 7 nitrogen and oxygen atoms in total. The second-order valence-electron chi connectivity index (χ2n) is 6.91. The van der Waals surface area contributed by atoms with E-state index in [0.717, 1.165) is 17.9 Å². The molecule has 1 fully saturated rings. The molecule has 1 aromatic rings. The van der Waals surface area contributed by atoms with E-state index in [1.807, 2.05) is 16.9 Å². The van der Waals surface area contributed by atoms with Crippen molar-refractivity contribution in [3.63, 3.8) is 0 Å². The average molecular weight is 379 g/mol. The SMILES string of the molecule is COC(=O)[C@H](CCSC)NC(=O)N1CC2C[C@H](C1)c1cccc(=O)n1C2. The Morgan fingerprint density at radius 1 is 1.35 bits per heavy atom. The highest BCUT2D eigenvalue weighted by molar-refractivity contribution is 7.98. The Labute approximate surface area is 157 Å². The summed E-state index contributed by atoms with van der Waals surface area (Å²) in [4.78, 5) is 38.5. The Hall–Kier alpha value is -1.96. The van der Waals surface area contributed by atoms with E-state index < -0.39 is 12.0 Å². The molecule has 2 bridgehead atoms. The highest BCUT2D eigenvalue weighted by atomic mass is 32.2. The van der Waals surface area contributed by atoms with Crippen LogP contribution in [0, 0.1) is 5.92 Å². The molecule has 0 saturated carbocycles. The van der Waals surface area contributed by atoms with Crippen LogP contribution >= 0.6 is 11.8 Å². The lowest BCUT2D eigenvalue weighted by atomic mass is 9.83. The van der Waals surface area contributed by atoms with Gasteiger partial charge in [0.1, 0.15) is 6.04 Å². The summed E-state index contributed by atoms with van der Waals surface area (Å²) in [5.41, 5.74) is 1.02. The van der Waals surface area contributed by atoms with Crippen LogP contribution in [0.3, 0.4) is 0 Å². The molecule has 0 aliphatic carbocycles. The van der Waals surface area contributed by atoms with Crippen LogP contribution in [-0.2, 0) is 16.1 Å². The van der Waals surface area contributed by atoms with Gasteiger partial charge in [0.25, 0.3) is 5.56 Å². The standard InChI is InChI=1S/C18H25N3O4S/c1-25-17(23)14(6-7-26-2)19-18(24)20-9-12-8-13(11-20)15-4-3-5-16(22)21(15)10-12/h3-5,12-14H,6-11H2,1-2H3,(H,19,24)/t12?,13-,14+/m1/s1. The second kappa shape index (κ2) is 8.16. The van der Waals surface area contributed by atoms with E-state index >= 15 is 0 Å². The van der Waals surface area contributed by atoms with Crippen LogP contribution in [0.1, 0.15) is 24.5 Å². The monoisotopic (exact) mass is 379 g/mol. The average Bonchev–Trinajstić information content (AvgIpc) is 2.65. The number of ether oxygens (including phenoxy) is 1. The fourth-order valence-electron chi connectivity index (χ4n) is 3.93. The number of pyridine rings is 1. The molecule has 3 heterocycles. The molecule has 0 aromatic carbocycles. The van der Waals surface area contributed by atoms with Gasteiger partial charge in [0.15, 0.2) is 0 Å². The van der Waals surface area contributed by atoms with Crippen molar-refractivity contribution in [1.82, 2.24) is 14.8 Å². The van der Waals surface area contributed by atoms with Crippen LogP contribution in [0.5, 0.6) is 0 Å². The number of thioether (sulfide) groups is 1. The molecule has 3 atom stereocenters. The van der Waals surface area contributed by atoms with Crippen molar-refractivity contribution in [3.8, 4) is 0 Å². The smallest absolute Gasteiger partial charge is 0.328 e. The molecular weight excluding hydrogens is 354 g/mol. The number of amides is 2. The number of carbonyl (C=O) groups is 2.